The van der Waals surface area contributed by atoms with Crippen molar-refractivity contribution < 1.29 is 9.50 Å². The Bertz CT molecular complexity index is 580. The standard InChI is InChI=1S/C16H21FN2O/c1-4-12(3)19-8-7-14(18-19)10-16(20)15-6-5-13(17)9-11(15)2/h5-9,12,16,20H,4,10H2,1-3H3. The monoisotopic (exact) mass is 276 g/mol. The van der Waals surface area contributed by atoms with Gasteiger partial charge in [0.1, 0.15) is 5.82 Å². The van der Waals surface area contributed by atoms with Crippen molar-refractivity contribution in [1.82, 2.24) is 9.78 Å². The highest BCUT2D eigenvalue weighted by Crippen LogP contribution is 2.22. The number of aliphatic hydroxyl groups excluding tert-OH is 1. The highest BCUT2D eigenvalue weighted by Gasteiger charge is 2.14. The lowest BCUT2D eigenvalue weighted by atomic mass is 10.00. The van der Waals surface area contributed by atoms with Gasteiger partial charge in [-0.1, -0.05) is 13.0 Å². The van der Waals surface area contributed by atoms with Crippen molar-refractivity contribution in [2.75, 3.05) is 0 Å². The van der Waals surface area contributed by atoms with Gasteiger partial charge in [0.2, 0.25) is 0 Å². The molecule has 0 fully saturated rings. The third-order valence-electron chi connectivity index (χ3n) is 3.70. The summed E-state index contributed by atoms with van der Waals surface area (Å²) in [6.45, 7) is 6.03. The van der Waals surface area contributed by atoms with Crippen molar-refractivity contribution in [3.8, 4) is 0 Å². The van der Waals surface area contributed by atoms with E-state index in [1.54, 1.807) is 13.0 Å². The molecule has 2 unspecified atom stereocenters. The summed E-state index contributed by atoms with van der Waals surface area (Å²) in [5.74, 6) is -0.278. The lowest BCUT2D eigenvalue weighted by Gasteiger charge is -2.13. The summed E-state index contributed by atoms with van der Waals surface area (Å²) in [5.41, 5.74) is 2.37. The second kappa shape index (κ2) is 6.18. The minimum atomic E-state index is -0.657. The van der Waals surface area contributed by atoms with Crippen LogP contribution in [0.25, 0.3) is 0 Å². The molecule has 0 bridgehead atoms. The summed E-state index contributed by atoms with van der Waals surface area (Å²) in [6, 6.07) is 6.74. The fourth-order valence-electron chi connectivity index (χ4n) is 2.24. The molecule has 20 heavy (non-hydrogen) atoms. The molecule has 1 aromatic heterocycles. The maximum absolute atomic E-state index is 13.1. The van der Waals surface area contributed by atoms with E-state index in [-0.39, 0.29) is 5.82 Å². The summed E-state index contributed by atoms with van der Waals surface area (Å²) in [6.07, 6.45) is 2.74. The predicted octanol–water partition coefficient (Wildman–Crippen LogP) is 3.58. The first-order valence-corrected chi connectivity index (χ1v) is 6.99. The molecule has 108 valence electrons. The summed E-state index contributed by atoms with van der Waals surface area (Å²) in [5, 5.41) is 14.8. The molecule has 1 heterocycles. The zero-order chi connectivity index (χ0) is 14.7. The molecule has 0 saturated heterocycles. The number of aliphatic hydroxyl groups is 1. The van der Waals surface area contributed by atoms with Crippen LogP contribution in [0.3, 0.4) is 0 Å². The van der Waals surface area contributed by atoms with Gasteiger partial charge in [0, 0.05) is 18.7 Å². The second-order valence-corrected chi connectivity index (χ2v) is 5.27. The van der Waals surface area contributed by atoms with Gasteiger partial charge in [-0.2, -0.15) is 5.10 Å². The van der Waals surface area contributed by atoms with E-state index >= 15 is 0 Å². The van der Waals surface area contributed by atoms with Crippen LogP contribution >= 0.6 is 0 Å². The molecule has 0 saturated carbocycles. The zero-order valence-electron chi connectivity index (χ0n) is 12.2. The molecule has 0 amide bonds. The number of halogens is 1. The fraction of sp³-hybridized carbons (Fsp3) is 0.438. The van der Waals surface area contributed by atoms with E-state index in [0.717, 1.165) is 23.2 Å². The third kappa shape index (κ3) is 3.25. The molecule has 2 aromatic rings. The van der Waals surface area contributed by atoms with Gasteiger partial charge in [-0.3, -0.25) is 4.68 Å². The van der Waals surface area contributed by atoms with Crippen LogP contribution in [0.15, 0.2) is 30.5 Å². The van der Waals surface area contributed by atoms with Crippen molar-refractivity contribution >= 4 is 0 Å². The Morgan fingerprint density at radius 1 is 1.35 bits per heavy atom. The van der Waals surface area contributed by atoms with E-state index in [4.69, 9.17) is 0 Å². The number of rotatable bonds is 5. The van der Waals surface area contributed by atoms with Crippen LogP contribution in [-0.2, 0) is 6.42 Å². The van der Waals surface area contributed by atoms with Crippen LogP contribution in [0.1, 0.15) is 49.2 Å². The Morgan fingerprint density at radius 2 is 2.10 bits per heavy atom. The highest BCUT2D eigenvalue weighted by molar-refractivity contribution is 5.29. The van der Waals surface area contributed by atoms with Crippen LogP contribution in [0.5, 0.6) is 0 Å². The molecule has 3 nitrogen and oxygen atoms in total. The van der Waals surface area contributed by atoms with Crippen molar-refractivity contribution in [2.45, 2.75) is 45.8 Å². The molecule has 2 rings (SSSR count). The zero-order valence-corrected chi connectivity index (χ0v) is 12.2. The van der Waals surface area contributed by atoms with E-state index in [2.05, 4.69) is 18.9 Å². The lowest BCUT2D eigenvalue weighted by molar-refractivity contribution is 0.176. The molecule has 1 aromatic carbocycles. The van der Waals surface area contributed by atoms with E-state index in [9.17, 15) is 9.50 Å². The van der Waals surface area contributed by atoms with Crippen LogP contribution < -0.4 is 0 Å². The van der Waals surface area contributed by atoms with Crippen LogP contribution in [-0.4, -0.2) is 14.9 Å². The van der Waals surface area contributed by atoms with Gasteiger partial charge >= 0.3 is 0 Å². The van der Waals surface area contributed by atoms with E-state index in [0.29, 0.717) is 12.5 Å². The van der Waals surface area contributed by atoms with Crippen LogP contribution in [0.4, 0.5) is 4.39 Å². The molecule has 0 aliphatic carbocycles. The number of aryl methyl sites for hydroxylation is 1. The van der Waals surface area contributed by atoms with Crippen molar-refractivity contribution in [3.05, 3.63) is 53.1 Å². The molecular formula is C16H21FN2O. The first-order chi connectivity index (χ1) is 9.51. The highest BCUT2D eigenvalue weighted by atomic mass is 19.1. The Labute approximate surface area is 119 Å². The van der Waals surface area contributed by atoms with Crippen molar-refractivity contribution in [1.29, 1.82) is 0 Å². The smallest absolute Gasteiger partial charge is 0.123 e. The predicted molar refractivity (Wildman–Crippen MR) is 77.0 cm³/mol. The maximum atomic E-state index is 13.1. The minimum Gasteiger partial charge on any atom is -0.388 e. The number of hydrogen-bond acceptors (Lipinski definition) is 2. The SMILES string of the molecule is CCC(C)n1ccc(CC(O)c2ccc(F)cc2C)n1. The largest absolute Gasteiger partial charge is 0.388 e. The summed E-state index contributed by atoms with van der Waals surface area (Å²) in [7, 11) is 0. The van der Waals surface area contributed by atoms with Gasteiger partial charge in [-0.05, 0) is 49.6 Å². The number of benzene rings is 1. The molecule has 0 aliphatic rings. The number of aromatic nitrogens is 2. The Morgan fingerprint density at radius 3 is 2.75 bits per heavy atom. The van der Waals surface area contributed by atoms with Crippen LogP contribution in [0.2, 0.25) is 0 Å². The molecular weight excluding hydrogens is 255 g/mol. The molecule has 4 heteroatoms. The quantitative estimate of drug-likeness (QED) is 0.906. The molecule has 0 aliphatic heterocycles. The lowest BCUT2D eigenvalue weighted by Crippen LogP contribution is -2.08. The van der Waals surface area contributed by atoms with Crippen molar-refractivity contribution in [2.24, 2.45) is 0 Å². The summed E-state index contributed by atoms with van der Waals surface area (Å²) in [4.78, 5) is 0. The third-order valence-corrected chi connectivity index (χ3v) is 3.70. The molecule has 0 radical (unpaired) electrons. The first kappa shape index (κ1) is 14.7. The van der Waals surface area contributed by atoms with Gasteiger partial charge < -0.3 is 5.11 Å². The summed E-state index contributed by atoms with van der Waals surface area (Å²) < 4.78 is 15.0. The van der Waals surface area contributed by atoms with Gasteiger partial charge in [0.25, 0.3) is 0 Å². The number of hydrogen-bond donors (Lipinski definition) is 1. The molecule has 1 N–H and O–H groups in total. The van der Waals surface area contributed by atoms with Crippen LogP contribution in [0, 0.1) is 12.7 Å². The van der Waals surface area contributed by atoms with Crippen molar-refractivity contribution in [3.63, 3.8) is 0 Å². The average Bonchev–Trinajstić information content (AvgIpc) is 2.86. The minimum absolute atomic E-state index is 0.278. The number of nitrogens with zero attached hydrogens (tertiary/aromatic N) is 2. The molecule has 0 spiro atoms. The topological polar surface area (TPSA) is 38.0 Å². The van der Waals surface area contributed by atoms with E-state index in [1.165, 1.54) is 12.1 Å². The Balaban J connectivity index is 2.11. The van der Waals surface area contributed by atoms with Gasteiger partial charge in [0.05, 0.1) is 11.8 Å². The van der Waals surface area contributed by atoms with Gasteiger partial charge in [0.15, 0.2) is 0 Å². The van der Waals surface area contributed by atoms with Gasteiger partial charge in [-0.15, -0.1) is 0 Å². The van der Waals surface area contributed by atoms with E-state index < -0.39 is 6.10 Å². The fourth-order valence-corrected chi connectivity index (χ4v) is 2.24. The van der Waals surface area contributed by atoms with E-state index in [1.807, 2.05) is 16.9 Å². The van der Waals surface area contributed by atoms with Gasteiger partial charge in [-0.25, -0.2) is 4.39 Å². The average molecular weight is 276 g/mol. The first-order valence-electron chi connectivity index (χ1n) is 6.99. The summed E-state index contributed by atoms with van der Waals surface area (Å²) >= 11 is 0. The maximum Gasteiger partial charge on any atom is 0.123 e. The normalized spacial score (nSPS) is 14.2. The molecule has 2 atom stereocenters. The second-order valence-electron chi connectivity index (χ2n) is 5.27. The Hall–Kier alpha value is -1.68. The Kier molecular flexibility index (Phi) is 4.55.